The van der Waals surface area contributed by atoms with Crippen LogP contribution >= 0.6 is 0 Å². The lowest BCUT2D eigenvalue weighted by Crippen LogP contribution is -2.41. The molecular formula is C15H17N2O+. The molecule has 0 saturated heterocycles. The highest BCUT2D eigenvalue weighted by atomic mass is 16.1. The number of carbonyl (C=O) groups excluding carboxylic acids is 1. The van der Waals surface area contributed by atoms with E-state index in [1.165, 1.54) is 0 Å². The number of Topliss-reactive ketones (excluding diaryl/α,β-unsaturated/α-hetero) is 1. The van der Waals surface area contributed by atoms with Gasteiger partial charge in [-0.15, -0.1) is 0 Å². The summed E-state index contributed by atoms with van der Waals surface area (Å²) < 4.78 is 1.98. The number of carbonyl (C=O) groups is 1. The van der Waals surface area contributed by atoms with Gasteiger partial charge in [0.2, 0.25) is 12.3 Å². The van der Waals surface area contributed by atoms with E-state index in [9.17, 15) is 4.79 Å². The number of rotatable bonds is 5. The van der Waals surface area contributed by atoms with Gasteiger partial charge in [0, 0.05) is 12.0 Å². The van der Waals surface area contributed by atoms with Gasteiger partial charge in [0.1, 0.15) is 0 Å². The third-order valence-electron chi connectivity index (χ3n) is 2.84. The van der Waals surface area contributed by atoms with Crippen molar-refractivity contribution in [2.45, 2.75) is 26.3 Å². The van der Waals surface area contributed by atoms with Crippen molar-refractivity contribution in [2.75, 3.05) is 0 Å². The zero-order valence-corrected chi connectivity index (χ0v) is 10.5. The van der Waals surface area contributed by atoms with Crippen molar-refractivity contribution in [3.05, 3.63) is 60.2 Å². The first-order chi connectivity index (χ1) is 8.81. The zero-order valence-electron chi connectivity index (χ0n) is 10.5. The van der Waals surface area contributed by atoms with Crippen LogP contribution in [-0.2, 0) is 13.0 Å². The molecule has 0 N–H and O–H groups in total. The van der Waals surface area contributed by atoms with Crippen LogP contribution in [0.1, 0.15) is 29.4 Å². The summed E-state index contributed by atoms with van der Waals surface area (Å²) in [5, 5.41) is 0. The number of aromatic nitrogens is 2. The summed E-state index contributed by atoms with van der Waals surface area (Å²) in [6.45, 7) is 2.50. The van der Waals surface area contributed by atoms with Crippen LogP contribution < -0.4 is 4.57 Å². The molecule has 1 aromatic heterocycles. The molecule has 0 radical (unpaired) electrons. The molecule has 0 atom stereocenters. The summed E-state index contributed by atoms with van der Waals surface area (Å²) >= 11 is 0. The second kappa shape index (κ2) is 6.05. The molecule has 1 aromatic carbocycles. The van der Waals surface area contributed by atoms with Crippen LogP contribution in [0.4, 0.5) is 0 Å². The van der Waals surface area contributed by atoms with Gasteiger partial charge in [0.15, 0.2) is 11.9 Å². The summed E-state index contributed by atoms with van der Waals surface area (Å²) in [5.74, 6) is 0.129. The molecule has 2 aromatic rings. The molecule has 1 heterocycles. The summed E-state index contributed by atoms with van der Waals surface area (Å²) in [6.07, 6.45) is 7.41. The number of aryl methyl sites for hydroxylation is 1. The molecule has 0 saturated carbocycles. The Morgan fingerprint density at radius 3 is 2.78 bits per heavy atom. The van der Waals surface area contributed by atoms with Crippen molar-refractivity contribution >= 4 is 5.78 Å². The normalized spacial score (nSPS) is 10.3. The van der Waals surface area contributed by atoms with Crippen LogP contribution in [0.5, 0.6) is 0 Å². The second-order valence-corrected chi connectivity index (χ2v) is 4.23. The first-order valence-electron chi connectivity index (χ1n) is 6.22. The van der Waals surface area contributed by atoms with E-state index in [4.69, 9.17) is 0 Å². The van der Waals surface area contributed by atoms with Crippen LogP contribution in [0.2, 0.25) is 0 Å². The van der Waals surface area contributed by atoms with E-state index in [0.717, 1.165) is 24.1 Å². The van der Waals surface area contributed by atoms with Crippen LogP contribution in [0.25, 0.3) is 0 Å². The number of ketones is 1. The predicted molar refractivity (Wildman–Crippen MR) is 69.2 cm³/mol. The standard InChI is InChI=1S/C15H17N2O/c1-2-6-14-11-16-9-10-17(14)12-15(18)13-7-4-3-5-8-13/h3-5,7-11H,2,6,12H2,1H3/q+1. The maximum Gasteiger partial charge on any atom is 0.227 e. The average molecular weight is 241 g/mol. The van der Waals surface area contributed by atoms with Crippen molar-refractivity contribution in [2.24, 2.45) is 0 Å². The van der Waals surface area contributed by atoms with Gasteiger partial charge >= 0.3 is 0 Å². The highest BCUT2D eigenvalue weighted by Crippen LogP contribution is 2.01. The number of hydrogen-bond donors (Lipinski definition) is 0. The summed E-state index contributed by atoms with van der Waals surface area (Å²) in [5.41, 5.74) is 1.86. The van der Waals surface area contributed by atoms with E-state index in [1.54, 1.807) is 6.20 Å². The number of benzene rings is 1. The van der Waals surface area contributed by atoms with Crippen LogP contribution in [-0.4, -0.2) is 10.8 Å². The van der Waals surface area contributed by atoms with Gasteiger partial charge in [-0.3, -0.25) is 9.78 Å². The lowest BCUT2D eigenvalue weighted by atomic mass is 10.1. The molecule has 0 bridgehead atoms. The molecule has 2 rings (SSSR count). The van der Waals surface area contributed by atoms with Crippen molar-refractivity contribution in [3.63, 3.8) is 0 Å². The van der Waals surface area contributed by atoms with Crippen LogP contribution in [0.3, 0.4) is 0 Å². The van der Waals surface area contributed by atoms with Gasteiger partial charge in [-0.05, 0) is 6.42 Å². The molecule has 0 amide bonds. The summed E-state index contributed by atoms with van der Waals surface area (Å²) in [6, 6.07) is 9.39. The summed E-state index contributed by atoms with van der Waals surface area (Å²) in [4.78, 5) is 16.2. The molecule has 0 unspecified atom stereocenters. The predicted octanol–water partition coefficient (Wildman–Crippen LogP) is 2.20. The van der Waals surface area contributed by atoms with Crippen molar-refractivity contribution in [1.82, 2.24) is 4.98 Å². The van der Waals surface area contributed by atoms with Gasteiger partial charge in [-0.1, -0.05) is 37.3 Å². The Kier molecular flexibility index (Phi) is 4.18. The minimum Gasteiger partial charge on any atom is -0.287 e. The Labute approximate surface area is 107 Å². The molecule has 0 aliphatic heterocycles. The molecule has 92 valence electrons. The smallest absolute Gasteiger partial charge is 0.227 e. The highest BCUT2D eigenvalue weighted by Gasteiger charge is 2.15. The quantitative estimate of drug-likeness (QED) is 0.594. The molecule has 0 fully saturated rings. The number of nitrogens with zero attached hydrogens (tertiary/aromatic N) is 2. The van der Waals surface area contributed by atoms with Crippen molar-refractivity contribution in [3.8, 4) is 0 Å². The molecule has 3 nitrogen and oxygen atoms in total. The van der Waals surface area contributed by atoms with Gasteiger partial charge < -0.3 is 0 Å². The first kappa shape index (κ1) is 12.4. The van der Waals surface area contributed by atoms with Crippen molar-refractivity contribution < 1.29 is 9.36 Å². The monoisotopic (exact) mass is 241 g/mol. The maximum absolute atomic E-state index is 12.1. The van der Waals surface area contributed by atoms with Gasteiger partial charge in [0.25, 0.3) is 0 Å². The lowest BCUT2D eigenvalue weighted by Gasteiger charge is -2.02. The van der Waals surface area contributed by atoms with E-state index < -0.39 is 0 Å². The van der Waals surface area contributed by atoms with E-state index in [1.807, 2.05) is 47.3 Å². The fourth-order valence-electron chi connectivity index (χ4n) is 1.91. The van der Waals surface area contributed by atoms with Gasteiger partial charge in [-0.25, -0.2) is 0 Å². The van der Waals surface area contributed by atoms with Crippen LogP contribution in [0, 0.1) is 0 Å². The topological polar surface area (TPSA) is 33.8 Å². The third kappa shape index (κ3) is 3.00. The number of hydrogen-bond acceptors (Lipinski definition) is 2. The first-order valence-corrected chi connectivity index (χ1v) is 6.22. The molecule has 0 spiro atoms. The SMILES string of the molecule is CCCc1cncc[n+]1CC(=O)c1ccccc1. The maximum atomic E-state index is 12.1. The Morgan fingerprint density at radius 2 is 2.06 bits per heavy atom. The third-order valence-corrected chi connectivity index (χ3v) is 2.84. The average Bonchev–Trinajstić information content (AvgIpc) is 2.42. The van der Waals surface area contributed by atoms with Crippen LogP contribution in [0.15, 0.2) is 48.9 Å². The Hall–Kier alpha value is -2.03. The minimum absolute atomic E-state index is 0.129. The largest absolute Gasteiger partial charge is 0.287 e. The fraction of sp³-hybridized carbons (Fsp3) is 0.267. The van der Waals surface area contributed by atoms with Crippen molar-refractivity contribution in [1.29, 1.82) is 0 Å². The van der Waals surface area contributed by atoms with E-state index >= 15 is 0 Å². The highest BCUT2D eigenvalue weighted by molar-refractivity contribution is 5.94. The van der Waals surface area contributed by atoms with Gasteiger partial charge in [0.05, 0.1) is 12.4 Å². The molecule has 3 heteroatoms. The molecular weight excluding hydrogens is 224 g/mol. The lowest BCUT2D eigenvalue weighted by molar-refractivity contribution is -0.691. The van der Waals surface area contributed by atoms with E-state index in [2.05, 4.69) is 11.9 Å². The Morgan fingerprint density at radius 1 is 1.28 bits per heavy atom. The fourth-order valence-corrected chi connectivity index (χ4v) is 1.91. The summed E-state index contributed by atoms with van der Waals surface area (Å²) in [7, 11) is 0. The Bertz CT molecular complexity index is 523. The molecule has 0 aliphatic rings. The molecule has 0 aliphatic carbocycles. The Balaban J connectivity index is 2.17. The second-order valence-electron chi connectivity index (χ2n) is 4.23. The zero-order chi connectivity index (χ0) is 12.8. The van der Waals surface area contributed by atoms with Gasteiger partial charge in [-0.2, -0.15) is 4.57 Å². The molecule has 18 heavy (non-hydrogen) atoms. The van der Waals surface area contributed by atoms with E-state index in [-0.39, 0.29) is 5.78 Å². The minimum atomic E-state index is 0.129. The van der Waals surface area contributed by atoms with E-state index in [0.29, 0.717) is 6.54 Å².